The minimum atomic E-state index is -4.36. The topological polar surface area (TPSA) is 71.2 Å². The number of amides is 2. The highest BCUT2D eigenvalue weighted by molar-refractivity contribution is 5.91. The Kier molecular flexibility index (Phi) is 6.43. The number of aromatic amines is 1. The lowest BCUT2D eigenvalue weighted by atomic mass is 10.0. The normalized spacial score (nSPS) is 11.2. The fraction of sp³-hybridized carbons (Fsp3) is 0.333. The third kappa shape index (κ3) is 5.37. The number of imide groups is 1. The Balaban J connectivity index is 1.90. The van der Waals surface area contributed by atoms with Gasteiger partial charge in [-0.15, -0.1) is 0 Å². The first kappa shape index (κ1) is 19.6. The van der Waals surface area contributed by atoms with Gasteiger partial charge in [-0.2, -0.15) is 13.2 Å². The number of halogens is 3. The van der Waals surface area contributed by atoms with Crippen molar-refractivity contribution in [3.8, 4) is 11.1 Å². The van der Waals surface area contributed by atoms with E-state index in [9.17, 15) is 22.8 Å². The summed E-state index contributed by atoms with van der Waals surface area (Å²) in [4.78, 5) is 25.4. The van der Waals surface area contributed by atoms with Gasteiger partial charge < -0.3 is 9.72 Å². The molecule has 140 valence electrons. The van der Waals surface area contributed by atoms with Gasteiger partial charge in [0.1, 0.15) is 0 Å². The zero-order valence-electron chi connectivity index (χ0n) is 14.2. The highest BCUT2D eigenvalue weighted by Gasteiger charge is 2.30. The van der Waals surface area contributed by atoms with Crippen LogP contribution in [0.15, 0.2) is 36.5 Å². The third-order valence-corrected chi connectivity index (χ3v) is 3.86. The van der Waals surface area contributed by atoms with Gasteiger partial charge in [-0.1, -0.05) is 12.1 Å². The molecule has 5 nitrogen and oxygen atoms in total. The summed E-state index contributed by atoms with van der Waals surface area (Å²) >= 11 is 0. The maximum Gasteiger partial charge on any atom is 0.416 e. The molecule has 1 aromatic carbocycles. The molecule has 2 amide bonds. The molecule has 0 aliphatic heterocycles. The molecule has 1 aromatic heterocycles. The van der Waals surface area contributed by atoms with Crippen LogP contribution in [0.2, 0.25) is 0 Å². The third-order valence-electron chi connectivity index (χ3n) is 3.86. The number of ether oxygens (including phenoxy) is 1. The Hall–Kier alpha value is -2.77. The number of carbonyl (C=O) groups is 2. The van der Waals surface area contributed by atoms with Gasteiger partial charge in [0.25, 0.3) is 0 Å². The SMILES string of the molecule is COC(=O)NC(=O)CCCCc1[nH]ccc1-c1ccc(C(F)(F)F)cc1. The first-order chi connectivity index (χ1) is 12.3. The molecule has 2 aromatic rings. The quantitative estimate of drug-likeness (QED) is 0.747. The van der Waals surface area contributed by atoms with Gasteiger partial charge >= 0.3 is 12.3 Å². The molecule has 2 rings (SSSR count). The predicted molar refractivity (Wildman–Crippen MR) is 89.3 cm³/mol. The average molecular weight is 368 g/mol. The van der Waals surface area contributed by atoms with Crippen molar-refractivity contribution in [2.75, 3.05) is 7.11 Å². The molecule has 0 bridgehead atoms. The van der Waals surface area contributed by atoms with E-state index < -0.39 is 23.7 Å². The number of aromatic nitrogens is 1. The summed E-state index contributed by atoms with van der Waals surface area (Å²) in [6.45, 7) is 0. The molecule has 0 spiro atoms. The minimum absolute atomic E-state index is 0.186. The summed E-state index contributed by atoms with van der Waals surface area (Å²) in [5.41, 5.74) is 1.73. The van der Waals surface area contributed by atoms with Crippen molar-refractivity contribution >= 4 is 12.0 Å². The Labute approximate surface area is 148 Å². The number of H-pyrrole nitrogens is 1. The summed E-state index contributed by atoms with van der Waals surface area (Å²) in [6.07, 6.45) is -1.35. The van der Waals surface area contributed by atoms with Gasteiger partial charge in [-0.05, 0) is 43.0 Å². The van der Waals surface area contributed by atoms with E-state index in [0.29, 0.717) is 24.8 Å². The van der Waals surface area contributed by atoms with Crippen molar-refractivity contribution in [1.82, 2.24) is 10.3 Å². The molecule has 0 fully saturated rings. The summed E-state index contributed by atoms with van der Waals surface area (Å²) in [5.74, 6) is -0.411. The van der Waals surface area contributed by atoms with E-state index in [0.717, 1.165) is 23.4 Å². The lowest BCUT2D eigenvalue weighted by Crippen LogP contribution is -2.29. The molecule has 0 saturated heterocycles. The van der Waals surface area contributed by atoms with Crippen molar-refractivity contribution in [1.29, 1.82) is 0 Å². The number of hydrogen-bond acceptors (Lipinski definition) is 3. The van der Waals surface area contributed by atoms with Crippen LogP contribution in [0.5, 0.6) is 0 Å². The highest BCUT2D eigenvalue weighted by atomic mass is 19.4. The Morgan fingerprint density at radius 1 is 1.12 bits per heavy atom. The van der Waals surface area contributed by atoms with Crippen LogP contribution >= 0.6 is 0 Å². The van der Waals surface area contributed by atoms with Crippen LogP contribution in [-0.4, -0.2) is 24.1 Å². The number of benzene rings is 1. The van der Waals surface area contributed by atoms with Gasteiger partial charge in [0.2, 0.25) is 5.91 Å². The van der Waals surface area contributed by atoms with Crippen molar-refractivity contribution in [3.05, 3.63) is 47.8 Å². The highest BCUT2D eigenvalue weighted by Crippen LogP contribution is 2.32. The fourth-order valence-electron chi connectivity index (χ4n) is 2.53. The summed E-state index contributed by atoms with van der Waals surface area (Å²) in [5, 5.41) is 2.08. The minimum Gasteiger partial charge on any atom is -0.453 e. The second kappa shape index (κ2) is 8.55. The van der Waals surface area contributed by atoms with Crippen molar-refractivity contribution in [2.24, 2.45) is 0 Å². The van der Waals surface area contributed by atoms with Crippen LogP contribution in [0.1, 0.15) is 30.5 Å². The van der Waals surface area contributed by atoms with Gasteiger partial charge in [0, 0.05) is 23.9 Å². The standard InChI is InChI=1S/C18H19F3N2O3/c1-26-17(25)23-16(24)5-3-2-4-15-14(10-11-22-15)12-6-8-13(9-7-12)18(19,20)21/h6-11,22H,2-5H2,1H3,(H,23,24,25). The average Bonchev–Trinajstić information content (AvgIpc) is 3.06. The predicted octanol–water partition coefficient (Wildman–Crippen LogP) is 4.30. The van der Waals surface area contributed by atoms with Crippen LogP contribution in [0.4, 0.5) is 18.0 Å². The van der Waals surface area contributed by atoms with Crippen LogP contribution < -0.4 is 5.32 Å². The molecule has 26 heavy (non-hydrogen) atoms. The number of methoxy groups -OCH3 is 1. The number of nitrogens with one attached hydrogen (secondary N) is 2. The number of aryl methyl sites for hydroxylation is 1. The summed E-state index contributed by atoms with van der Waals surface area (Å²) < 4.78 is 42.3. The summed E-state index contributed by atoms with van der Waals surface area (Å²) in [7, 11) is 1.18. The van der Waals surface area contributed by atoms with Crippen LogP contribution in [0, 0.1) is 0 Å². The van der Waals surface area contributed by atoms with Gasteiger partial charge in [0.05, 0.1) is 12.7 Å². The van der Waals surface area contributed by atoms with E-state index in [4.69, 9.17) is 0 Å². The van der Waals surface area contributed by atoms with E-state index in [1.165, 1.54) is 19.2 Å². The molecule has 0 aliphatic carbocycles. The van der Waals surface area contributed by atoms with Crippen molar-refractivity contribution in [3.63, 3.8) is 0 Å². The maximum absolute atomic E-state index is 12.6. The molecule has 0 radical (unpaired) electrons. The fourth-order valence-corrected chi connectivity index (χ4v) is 2.53. The van der Waals surface area contributed by atoms with Crippen LogP contribution in [0.3, 0.4) is 0 Å². The van der Waals surface area contributed by atoms with Crippen molar-refractivity contribution in [2.45, 2.75) is 31.9 Å². The van der Waals surface area contributed by atoms with E-state index in [-0.39, 0.29) is 6.42 Å². The summed E-state index contributed by atoms with van der Waals surface area (Å²) in [6, 6.07) is 6.81. The van der Waals surface area contributed by atoms with E-state index >= 15 is 0 Å². The maximum atomic E-state index is 12.6. The zero-order chi connectivity index (χ0) is 19.2. The lowest BCUT2D eigenvalue weighted by molar-refractivity contribution is -0.137. The largest absolute Gasteiger partial charge is 0.453 e. The van der Waals surface area contributed by atoms with Gasteiger partial charge in [-0.3, -0.25) is 10.1 Å². The molecular formula is C18H19F3N2O3. The number of alkyl carbamates (subject to hydrolysis) is 1. The van der Waals surface area contributed by atoms with Crippen LogP contribution in [0.25, 0.3) is 11.1 Å². The molecule has 0 unspecified atom stereocenters. The number of alkyl halides is 3. The smallest absolute Gasteiger partial charge is 0.416 e. The first-order valence-corrected chi connectivity index (χ1v) is 8.03. The lowest BCUT2D eigenvalue weighted by Gasteiger charge is -2.08. The second-order valence-electron chi connectivity index (χ2n) is 5.69. The zero-order valence-corrected chi connectivity index (χ0v) is 14.2. The molecule has 1 heterocycles. The number of carbonyl (C=O) groups excluding carboxylic acids is 2. The number of hydrogen-bond donors (Lipinski definition) is 2. The Bertz CT molecular complexity index is 752. The second-order valence-corrected chi connectivity index (χ2v) is 5.69. The molecule has 2 N–H and O–H groups in total. The Morgan fingerprint density at radius 3 is 2.42 bits per heavy atom. The van der Waals surface area contributed by atoms with Gasteiger partial charge in [0.15, 0.2) is 0 Å². The Morgan fingerprint density at radius 2 is 1.81 bits per heavy atom. The number of unbranched alkanes of at least 4 members (excludes halogenated alkanes) is 1. The van der Waals surface area contributed by atoms with Crippen molar-refractivity contribution < 1.29 is 27.5 Å². The molecule has 0 saturated carbocycles. The number of rotatable bonds is 6. The molecular weight excluding hydrogens is 349 g/mol. The van der Waals surface area contributed by atoms with Crippen LogP contribution in [-0.2, 0) is 22.1 Å². The van der Waals surface area contributed by atoms with E-state index in [2.05, 4.69) is 15.0 Å². The molecule has 0 aliphatic rings. The molecule has 0 atom stereocenters. The van der Waals surface area contributed by atoms with E-state index in [1.54, 1.807) is 6.20 Å². The first-order valence-electron chi connectivity index (χ1n) is 8.03. The van der Waals surface area contributed by atoms with Gasteiger partial charge in [-0.25, -0.2) is 4.79 Å². The van der Waals surface area contributed by atoms with E-state index in [1.807, 2.05) is 6.07 Å². The monoisotopic (exact) mass is 368 g/mol. The molecule has 8 heteroatoms.